The van der Waals surface area contributed by atoms with Gasteiger partial charge in [-0.15, -0.1) is 0 Å². The number of para-hydroxylation sites is 1. The summed E-state index contributed by atoms with van der Waals surface area (Å²) < 4.78 is 10.8. The molecule has 28 heavy (non-hydrogen) atoms. The average Bonchev–Trinajstić information content (AvgIpc) is 2.74. The summed E-state index contributed by atoms with van der Waals surface area (Å²) in [6, 6.07) is 16.2. The first-order chi connectivity index (χ1) is 13.6. The molecular weight excluding hydrogens is 352 g/mol. The smallest absolute Gasteiger partial charge is 0.255 e. The number of benzene rings is 2. The molecular formula is C23H30N2O3. The highest BCUT2D eigenvalue weighted by Gasteiger charge is 2.24. The second kappa shape index (κ2) is 9.71. The van der Waals surface area contributed by atoms with Crippen molar-refractivity contribution in [3.05, 3.63) is 65.2 Å². The molecule has 1 amide bonds. The summed E-state index contributed by atoms with van der Waals surface area (Å²) >= 11 is 0. The molecule has 1 N–H and O–H groups in total. The average molecular weight is 383 g/mol. The quantitative estimate of drug-likeness (QED) is 0.795. The Morgan fingerprint density at radius 2 is 1.71 bits per heavy atom. The number of amides is 1. The number of rotatable bonds is 7. The fraction of sp³-hybridized carbons (Fsp3) is 0.435. The minimum Gasteiger partial charge on any atom is -0.496 e. The topological polar surface area (TPSA) is 50.8 Å². The highest BCUT2D eigenvalue weighted by Crippen LogP contribution is 2.24. The lowest BCUT2D eigenvalue weighted by Gasteiger charge is -2.35. The van der Waals surface area contributed by atoms with Crippen molar-refractivity contribution in [3.8, 4) is 5.75 Å². The van der Waals surface area contributed by atoms with Crippen molar-refractivity contribution >= 4 is 5.91 Å². The molecule has 1 fully saturated rings. The van der Waals surface area contributed by atoms with Crippen LogP contribution in [0.4, 0.5) is 0 Å². The fourth-order valence-electron chi connectivity index (χ4n) is 3.57. The highest BCUT2D eigenvalue weighted by molar-refractivity contribution is 5.96. The van der Waals surface area contributed by atoms with E-state index in [0.29, 0.717) is 23.8 Å². The molecule has 1 aliphatic heterocycles. The van der Waals surface area contributed by atoms with Gasteiger partial charge in [0.2, 0.25) is 0 Å². The minimum absolute atomic E-state index is 0.115. The molecule has 1 unspecified atom stereocenters. The third kappa shape index (κ3) is 4.91. The summed E-state index contributed by atoms with van der Waals surface area (Å²) in [6.45, 7) is 8.10. The summed E-state index contributed by atoms with van der Waals surface area (Å²) in [6.07, 6.45) is 0. The van der Waals surface area contributed by atoms with E-state index in [9.17, 15) is 4.79 Å². The number of morpholine rings is 1. The molecule has 3 rings (SSSR count). The molecule has 2 aromatic rings. The van der Waals surface area contributed by atoms with Crippen LogP contribution in [0.5, 0.6) is 5.75 Å². The van der Waals surface area contributed by atoms with E-state index in [0.717, 1.165) is 26.3 Å². The maximum Gasteiger partial charge on any atom is 0.255 e. The minimum atomic E-state index is -0.116. The molecule has 1 aliphatic rings. The largest absolute Gasteiger partial charge is 0.496 e. The maximum atomic E-state index is 12.8. The van der Waals surface area contributed by atoms with Gasteiger partial charge in [0.15, 0.2) is 0 Å². The van der Waals surface area contributed by atoms with Crippen LogP contribution in [0.15, 0.2) is 48.5 Å². The van der Waals surface area contributed by atoms with Gasteiger partial charge in [0, 0.05) is 19.6 Å². The summed E-state index contributed by atoms with van der Waals surface area (Å²) in [7, 11) is 1.58. The number of hydrogen-bond acceptors (Lipinski definition) is 4. The van der Waals surface area contributed by atoms with Crippen LogP contribution in [0.1, 0.15) is 47.3 Å². The van der Waals surface area contributed by atoms with Crippen LogP contribution >= 0.6 is 0 Å². The van der Waals surface area contributed by atoms with Gasteiger partial charge in [-0.25, -0.2) is 0 Å². The van der Waals surface area contributed by atoms with E-state index in [-0.39, 0.29) is 11.9 Å². The Morgan fingerprint density at radius 3 is 2.36 bits per heavy atom. The number of hydrogen-bond donors (Lipinski definition) is 1. The van der Waals surface area contributed by atoms with Gasteiger partial charge in [-0.3, -0.25) is 9.69 Å². The standard InChI is InChI=1S/C23H30N2O3/c1-17(2)18-8-10-19(11-9-18)21(25-12-14-28-15-13-25)16-24-23(26)20-6-4-5-7-22(20)27-3/h4-11,17,21H,12-16H2,1-3H3,(H,24,26). The van der Waals surface area contributed by atoms with Crippen molar-refractivity contribution in [2.24, 2.45) is 0 Å². The third-order valence-corrected chi connectivity index (χ3v) is 5.28. The molecule has 1 heterocycles. The van der Waals surface area contributed by atoms with E-state index in [1.807, 2.05) is 12.1 Å². The van der Waals surface area contributed by atoms with Crippen molar-refractivity contribution in [1.82, 2.24) is 10.2 Å². The molecule has 0 aliphatic carbocycles. The van der Waals surface area contributed by atoms with Crippen LogP contribution in [0, 0.1) is 0 Å². The first-order valence-corrected chi connectivity index (χ1v) is 9.93. The van der Waals surface area contributed by atoms with E-state index in [2.05, 4.69) is 48.3 Å². The second-order valence-corrected chi connectivity index (χ2v) is 7.40. The van der Waals surface area contributed by atoms with Crippen molar-refractivity contribution in [2.75, 3.05) is 40.0 Å². The molecule has 0 radical (unpaired) electrons. The Balaban J connectivity index is 1.76. The van der Waals surface area contributed by atoms with E-state index < -0.39 is 0 Å². The summed E-state index contributed by atoms with van der Waals surface area (Å²) in [5.74, 6) is 0.972. The number of carbonyl (C=O) groups is 1. The van der Waals surface area contributed by atoms with Crippen LogP contribution in [0.25, 0.3) is 0 Å². The van der Waals surface area contributed by atoms with Gasteiger partial charge in [0.25, 0.3) is 5.91 Å². The number of methoxy groups -OCH3 is 1. The van der Waals surface area contributed by atoms with Gasteiger partial charge in [-0.1, -0.05) is 50.2 Å². The van der Waals surface area contributed by atoms with Crippen molar-refractivity contribution < 1.29 is 14.3 Å². The number of ether oxygens (including phenoxy) is 2. The van der Waals surface area contributed by atoms with Crippen molar-refractivity contribution in [1.29, 1.82) is 0 Å². The Hall–Kier alpha value is -2.37. The van der Waals surface area contributed by atoms with E-state index in [4.69, 9.17) is 9.47 Å². The predicted molar refractivity (Wildman–Crippen MR) is 111 cm³/mol. The van der Waals surface area contributed by atoms with Crippen molar-refractivity contribution in [2.45, 2.75) is 25.8 Å². The van der Waals surface area contributed by atoms with E-state index >= 15 is 0 Å². The fourth-order valence-corrected chi connectivity index (χ4v) is 3.57. The van der Waals surface area contributed by atoms with E-state index in [1.165, 1.54) is 11.1 Å². The molecule has 0 aromatic heterocycles. The number of carbonyl (C=O) groups excluding carboxylic acids is 1. The third-order valence-electron chi connectivity index (χ3n) is 5.28. The first-order valence-electron chi connectivity index (χ1n) is 9.93. The number of nitrogens with one attached hydrogen (secondary N) is 1. The lowest BCUT2D eigenvalue weighted by atomic mass is 9.98. The molecule has 0 bridgehead atoms. The van der Waals surface area contributed by atoms with Gasteiger partial charge >= 0.3 is 0 Å². The molecule has 0 saturated carbocycles. The lowest BCUT2D eigenvalue weighted by molar-refractivity contribution is 0.0162. The zero-order valence-electron chi connectivity index (χ0n) is 17.0. The van der Waals surface area contributed by atoms with Gasteiger partial charge in [-0.2, -0.15) is 0 Å². The summed E-state index contributed by atoms with van der Waals surface area (Å²) in [5.41, 5.74) is 3.09. The van der Waals surface area contributed by atoms with Gasteiger partial charge in [0.1, 0.15) is 5.75 Å². The van der Waals surface area contributed by atoms with Gasteiger partial charge in [0.05, 0.1) is 31.9 Å². The summed E-state index contributed by atoms with van der Waals surface area (Å²) in [5, 5.41) is 3.11. The normalized spacial score (nSPS) is 16.0. The highest BCUT2D eigenvalue weighted by atomic mass is 16.5. The van der Waals surface area contributed by atoms with Crippen LogP contribution in [-0.2, 0) is 4.74 Å². The Bertz CT molecular complexity index is 768. The molecule has 2 aromatic carbocycles. The Labute approximate surface area is 167 Å². The molecule has 5 heteroatoms. The summed E-state index contributed by atoms with van der Waals surface area (Å²) in [4.78, 5) is 15.1. The second-order valence-electron chi connectivity index (χ2n) is 7.40. The molecule has 1 saturated heterocycles. The number of nitrogens with zero attached hydrogens (tertiary/aromatic N) is 1. The Kier molecular flexibility index (Phi) is 7.06. The Morgan fingerprint density at radius 1 is 1.07 bits per heavy atom. The zero-order valence-corrected chi connectivity index (χ0v) is 17.0. The van der Waals surface area contributed by atoms with Crippen LogP contribution in [0.3, 0.4) is 0 Å². The van der Waals surface area contributed by atoms with Crippen LogP contribution < -0.4 is 10.1 Å². The first kappa shape index (κ1) is 20.4. The van der Waals surface area contributed by atoms with Crippen LogP contribution in [-0.4, -0.2) is 50.8 Å². The zero-order chi connectivity index (χ0) is 19.9. The SMILES string of the molecule is COc1ccccc1C(=O)NCC(c1ccc(C(C)C)cc1)N1CCOCC1. The van der Waals surface area contributed by atoms with Crippen molar-refractivity contribution in [3.63, 3.8) is 0 Å². The monoisotopic (exact) mass is 382 g/mol. The maximum absolute atomic E-state index is 12.8. The van der Waals surface area contributed by atoms with Gasteiger partial charge in [-0.05, 0) is 29.2 Å². The molecule has 150 valence electrons. The van der Waals surface area contributed by atoms with Gasteiger partial charge < -0.3 is 14.8 Å². The van der Waals surface area contributed by atoms with E-state index in [1.54, 1.807) is 19.2 Å². The molecule has 1 atom stereocenters. The van der Waals surface area contributed by atoms with Crippen LogP contribution in [0.2, 0.25) is 0 Å². The lowest BCUT2D eigenvalue weighted by Crippen LogP contribution is -2.43. The molecule has 5 nitrogen and oxygen atoms in total. The predicted octanol–water partition coefficient (Wildman–Crippen LogP) is 3.62. The molecule has 0 spiro atoms.